The molecule has 3 nitrogen and oxygen atoms in total. The Morgan fingerprint density at radius 2 is 2.06 bits per heavy atom. The van der Waals surface area contributed by atoms with Crippen molar-refractivity contribution >= 4 is 11.7 Å². The summed E-state index contributed by atoms with van der Waals surface area (Å²) in [5.41, 5.74) is 0.198. The molecule has 1 atom stereocenters. The second kappa shape index (κ2) is 5.65. The van der Waals surface area contributed by atoms with Gasteiger partial charge < -0.3 is 4.90 Å². The predicted molar refractivity (Wildman–Crippen MR) is 68.7 cm³/mol. The summed E-state index contributed by atoms with van der Waals surface area (Å²) in [7, 11) is 0. The molecule has 0 aromatic carbocycles. The number of carbonyl (C=O) groups excluding carboxylic acids is 2. The van der Waals surface area contributed by atoms with Gasteiger partial charge in [-0.3, -0.25) is 9.59 Å². The van der Waals surface area contributed by atoms with Gasteiger partial charge in [-0.2, -0.15) is 0 Å². The van der Waals surface area contributed by atoms with Gasteiger partial charge in [0.05, 0.1) is 0 Å². The lowest BCUT2D eigenvalue weighted by Crippen LogP contribution is -2.28. The van der Waals surface area contributed by atoms with Crippen LogP contribution in [0.4, 0.5) is 0 Å². The summed E-state index contributed by atoms with van der Waals surface area (Å²) in [5.74, 6) is 1.01. The molecule has 0 aromatic rings. The quantitative estimate of drug-likeness (QED) is 0.739. The van der Waals surface area contributed by atoms with E-state index < -0.39 is 0 Å². The Kier molecular flexibility index (Phi) is 4.72. The van der Waals surface area contributed by atoms with Gasteiger partial charge in [0.1, 0.15) is 5.78 Å². The molecule has 0 spiro atoms. The van der Waals surface area contributed by atoms with Crippen molar-refractivity contribution in [2.75, 3.05) is 13.1 Å². The maximum absolute atomic E-state index is 11.8. The summed E-state index contributed by atoms with van der Waals surface area (Å²) in [4.78, 5) is 24.9. The first-order valence-electron chi connectivity index (χ1n) is 6.64. The maximum Gasteiger partial charge on any atom is 0.222 e. The average Bonchev–Trinajstić information content (AvgIpc) is 2.60. The molecule has 1 aliphatic rings. The molecule has 0 aromatic heterocycles. The molecule has 1 aliphatic heterocycles. The molecule has 1 amide bonds. The minimum atomic E-state index is 0.198. The second-order valence-electron chi connectivity index (χ2n) is 6.10. The van der Waals surface area contributed by atoms with E-state index in [0.717, 1.165) is 19.5 Å². The van der Waals surface area contributed by atoms with Crippen LogP contribution in [0.15, 0.2) is 0 Å². The summed E-state index contributed by atoms with van der Waals surface area (Å²) >= 11 is 0. The predicted octanol–water partition coefficient (Wildman–Crippen LogP) is 2.64. The Labute approximate surface area is 105 Å². The van der Waals surface area contributed by atoms with Gasteiger partial charge in [0, 0.05) is 32.4 Å². The lowest BCUT2D eigenvalue weighted by atomic mass is 9.80. The third kappa shape index (κ3) is 4.14. The van der Waals surface area contributed by atoms with Crippen molar-refractivity contribution in [1.29, 1.82) is 0 Å². The smallest absolute Gasteiger partial charge is 0.222 e. The number of likely N-dealkylation sites (tertiary alicyclic amines) is 1. The standard InChI is InChI=1S/C14H25NO2/c1-5-12(16)7-6-8-15-10-11(9-13(15)17)14(2,3)4/h11H,5-10H2,1-4H3. The van der Waals surface area contributed by atoms with Crippen LogP contribution in [0, 0.1) is 11.3 Å². The first kappa shape index (κ1) is 14.2. The number of Topliss-reactive ketones (excluding diaryl/α,β-unsaturated/α-hetero) is 1. The molecule has 3 heteroatoms. The third-order valence-corrected chi connectivity index (χ3v) is 3.72. The molecule has 0 aliphatic carbocycles. The van der Waals surface area contributed by atoms with Crippen LogP contribution in [-0.4, -0.2) is 29.7 Å². The molecule has 17 heavy (non-hydrogen) atoms. The topological polar surface area (TPSA) is 37.4 Å². The summed E-state index contributed by atoms with van der Waals surface area (Å²) in [5, 5.41) is 0. The highest BCUT2D eigenvalue weighted by molar-refractivity contribution is 5.79. The van der Waals surface area contributed by atoms with E-state index in [1.54, 1.807) is 0 Å². The molecule has 1 rings (SSSR count). The van der Waals surface area contributed by atoms with Gasteiger partial charge in [0.15, 0.2) is 0 Å². The van der Waals surface area contributed by atoms with Gasteiger partial charge in [-0.15, -0.1) is 0 Å². The fourth-order valence-corrected chi connectivity index (χ4v) is 2.21. The van der Waals surface area contributed by atoms with Gasteiger partial charge in [0.2, 0.25) is 5.91 Å². The molecule has 1 heterocycles. The molecule has 1 unspecified atom stereocenters. The Morgan fingerprint density at radius 1 is 1.41 bits per heavy atom. The Hall–Kier alpha value is -0.860. The SMILES string of the molecule is CCC(=O)CCCN1CC(C(C)(C)C)CC1=O. The van der Waals surface area contributed by atoms with Crippen LogP contribution in [0.2, 0.25) is 0 Å². The molecular weight excluding hydrogens is 214 g/mol. The van der Waals surface area contributed by atoms with Crippen molar-refractivity contribution < 1.29 is 9.59 Å². The maximum atomic E-state index is 11.8. The van der Waals surface area contributed by atoms with E-state index in [1.165, 1.54) is 0 Å². The monoisotopic (exact) mass is 239 g/mol. The highest BCUT2D eigenvalue weighted by Gasteiger charge is 2.36. The lowest BCUT2D eigenvalue weighted by Gasteiger charge is -2.26. The summed E-state index contributed by atoms with van der Waals surface area (Å²) < 4.78 is 0. The van der Waals surface area contributed by atoms with E-state index in [1.807, 2.05) is 11.8 Å². The van der Waals surface area contributed by atoms with Crippen LogP contribution in [-0.2, 0) is 9.59 Å². The molecule has 0 radical (unpaired) electrons. The number of hydrogen-bond donors (Lipinski definition) is 0. The highest BCUT2D eigenvalue weighted by Crippen LogP contribution is 2.34. The van der Waals surface area contributed by atoms with Crippen molar-refractivity contribution in [3.63, 3.8) is 0 Å². The summed E-state index contributed by atoms with van der Waals surface area (Å²) in [6.07, 6.45) is 2.71. The summed E-state index contributed by atoms with van der Waals surface area (Å²) in [6.45, 7) is 10.1. The lowest BCUT2D eigenvalue weighted by molar-refractivity contribution is -0.128. The zero-order valence-electron chi connectivity index (χ0n) is 11.6. The largest absolute Gasteiger partial charge is 0.342 e. The zero-order valence-corrected chi connectivity index (χ0v) is 11.6. The van der Waals surface area contributed by atoms with Crippen LogP contribution in [0.1, 0.15) is 53.4 Å². The van der Waals surface area contributed by atoms with Crippen molar-refractivity contribution in [3.05, 3.63) is 0 Å². The van der Waals surface area contributed by atoms with Crippen LogP contribution in [0.25, 0.3) is 0 Å². The van der Waals surface area contributed by atoms with E-state index in [0.29, 0.717) is 31.0 Å². The van der Waals surface area contributed by atoms with Crippen molar-refractivity contribution in [2.45, 2.75) is 53.4 Å². The normalized spacial score (nSPS) is 21.1. The Morgan fingerprint density at radius 3 is 2.53 bits per heavy atom. The van der Waals surface area contributed by atoms with Crippen LogP contribution in [0.5, 0.6) is 0 Å². The third-order valence-electron chi connectivity index (χ3n) is 3.72. The number of hydrogen-bond acceptors (Lipinski definition) is 2. The van der Waals surface area contributed by atoms with E-state index in [-0.39, 0.29) is 11.3 Å². The molecule has 0 N–H and O–H groups in total. The van der Waals surface area contributed by atoms with E-state index in [9.17, 15) is 9.59 Å². The zero-order chi connectivity index (χ0) is 13.1. The van der Waals surface area contributed by atoms with Crippen molar-refractivity contribution in [1.82, 2.24) is 4.90 Å². The number of nitrogens with zero attached hydrogens (tertiary/aromatic N) is 1. The van der Waals surface area contributed by atoms with Crippen molar-refractivity contribution in [2.24, 2.45) is 11.3 Å². The highest BCUT2D eigenvalue weighted by atomic mass is 16.2. The van der Waals surface area contributed by atoms with E-state index >= 15 is 0 Å². The fourth-order valence-electron chi connectivity index (χ4n) is 2.21. The van der Waals surface area contributed by atoms with Gasteiger partial charge in [-0.05, 0) is 17.8 Å². The molecule has 0 bridgehead atoms. The minimum Gasteiger partial charge on any atom is -0.342 e. The van der Waals surface area contributed by atoms with Crippen LogP contribution in [0.3, 0.4) is 0 Å². The second-order valence-corrected chi connectivity index (χ2v) is 6.10. The molecular formula is C14H25NO2. The van der Waals surface area contributed by atoms with E-state index in [4.69, 9.17) is 0 Å². The first-order chi connectivity index (χ1) is 7.84. The van der Waals surface area contributed by atoms with Crippen molar-refractivity contribution in [3.8, 4) is 0 Å². The average molecular weight is 239 g/mol. The Bertz CT molecular complexity index is 291. The molecule has 1 fully saturated rings. The molecule has 0 saturated carbocycles. The number of carbonyl (C=O) groups is 2. The Balaban J connectivity index is 2.36. The minimum absolute atomic E-state index is 0.198. The van der Waals surface area contributed by atoms with Gasteiger partial charge in [0.25, 0.3) is 0 Å². The van der Waals surface area contributed by atoms with E-state index in [2.05, 4.69) is 20.8 Å². The summed E-state index contributed by atoms with van der Waals surface area (Å²) in [6, 6.07) is 0. The molecule has 1 saturated heterocycles. The van der Waals surface area contributed by atoms with Gasteiger partial charge in [-0.1, -0.05) is 27.7 Å². The fraction of sp³-hybridized carbons (Fsp3) is 0.857. The van der Waals surface area contributed by atoms with Gasteiger partial charge in [-0.25, -0.2) is 0 Å². The number of ketones is 1. The first-order valence-corrected chi connectivity index (χ1v) is 6.64. The van der Waals surface area contributed by atoms with Gasteiger partial charge >= 0.3 is 0 Å². The number of amides is 1. The molecule has 98 valence electrons. The van der Waals surface area contributed by atoms with Crippen LogP contribution < -0.4 is 0 Å². The number of rotatable bonds is 5. The van der Waals surface area contributed by atoms with Crippen LogP contribution >= 0.6 is 0 Å².